The highest BCUT2D eigenvalue weighted by Gasteiger charge is 2.57. The fourth-order valence-corrected chi connectivity index (χ4v) is 4.91. The molecule has 5 heteroatoms. The number of aliphatic hydroxyl groups is 1. The highest BCUT2D eigenvalue weighted by atomic mass is 16.5. The molecule has 2 aliphatic rings. The predicted molar refractivity (Wildman–Crippen MR) is 122 cm³/mol. The number of hydrogen-bond donors (Lipinski definition) is 1. The fraction of sp³-hybridized carbons (Fsp3) is 0.259. The molecule has 0 radical (unpaired) electrons. The second-order valence-corrected chi connectivity index (χ2v) is 8.51. The molecule has 2 unspecified atom stereocenters. The van der Waals surface area contributed by atoms with Gasteiger partial charge in [0.1, 0.15) is 12.4 Å². The third-order valence-electron chi connectivity index (χ3n) is 6.59. The minimum absolute atomic E-state index is 0.171. The molecule has 1 amide bonds. The normalized spacial score (nSPS) is 21.9. The molecule has 162 valence electrons. The number of ketones is 1. The second kappa shape index (κ2) is 7.92. The Morgan fingerprint density at radius 1 is 1.00 bits per heavy atom. The molecule has 1 aliphatic heterocycles. The van der Waals surface area contributed by atoms with Crippen LogP contribution >= 0.6 is 0 Å². The summed E-state index contributed by atoms with van der Waals surface area (Å²) in [6.07, 6.45) is 1.08. The lowest BCUT2D eigenvalue weighted by Crippen LogP contribution is -2.50. The summed E-state index contributed by atoms with van der Waals surface area (Å²) in [6.45, 7) is 2.57. The van der Waals surface area contributed by atoms with Crippen molar-refractivity contribution >= 4 is 17.4 Å². The number of anilines is 1. The van der Waals surface area contributed by atoms with Crippen LogP contribution in [0, 0.1) is 12.8 Å². The molecule has 0 bridgehead atoms. The number of para-hydroxylation sites is 1. The number of benzene rings is 3. The maximum Gasteiger partial charge on any atom is 0.264 e. The molecule has 32 heavy (non-hydrogen) atoms. The van der Waals surface area contributed by atoms with Gasteiger partial charge in [-0.3, -0.25) is 9.59 Å². The van der Waals surface area contributed by atoms with Crippen molar-refractivity contribution in [2.75, 3.05) is 18.1 Å². The van der Waals surface area contributed by atoms with E-state index in [4.69, 9.17) is 4.74 Å². The van der Waals surface area contributed by atoms with Crippen LogP contribution in [0.25, 0.3) is 0 Å². The summed E-state index contributed by atoms with van der Waals surface area (Å²) in [6, 6.07) is 22.4. The number of Topliss-reactive ketones (excluding diaryl/α,β-unsaturated/α-hetero) is 1. The number of carbonyl (C=O) groups excluding carboxylic acids is 2. The molecule has 5 rings (SSSR count). The molecule has 0 saturated carbocycles. The Kier molecular flexibility index (Phi) is 5.06. The topological polar surface area (TPSA) is 66.8 Å². The SMILES string of the molecule is Cc1ccc(OCCN2C(=O)C(O)(C3CCc4ccccc4C3=O)c3ccccc32)cc1. The Balaban J connectivity index is 1.42. The zero-order valence-corrected chi connectivity index (χ0v) is 18.0. The quantitative estimate of drug-likeness (QED) is 0.667. The van der Waals surface area contributed by atoms with Gasteiger partial charge in [-0.1, -0.05) is 60.2 Å². The maximum atomic E-state index is 13.6. The highest BCUT2D eigenvalue weighted by molar-refractivity contribution is 6.12. The Bertz CT molecular complexity index is 1190. The van der Waals surface area contributed by atoms with E-state index in [9.17, 15) is 14.7 Å². The van der Waals surface area contributed by atoms with Crippen LogP contribution in [0.3, 0.4) is 0 Å². The third-order valence-corrected chi connectivity index (χ3v) is 6.59. The van der Waals surface area contributed by atoms with Crippen molar-refractivity contribution < 1.29 is 19.4 Å². The number of fused-ring (bicyclic) bond motifs is 2. The molecule has 0 saturated heterocycles. The molecule has 0 fully saturated rings. The number of amides is 1. The smallest absolute Gasteiger partial charge is 0.264 e. The van der Waals surface area contributed by atoms with Gasteiger partial charge in [0.25, 0.3) is 5.91 Å². The monoisotopic (exact) mass is 427 g/mol. The van der Waals surface area contributed by atoms with Crippen molar-refractivity contribution in [3.8, 4) is 5.75 Å². The van der Waals surface area contributed by atoms with E-state index >= 15 is 0 Å². The lowest BCUT2D eigenvalue weighted by molar-refractivity contribution is -0.140. The number of hydrogen-bond acceptors (Lipinski definition) is 4. The Labute approximate surface area is 187 Å². The average Bonchev–Trinajstić information content (AvgIpc) is 3.03. The summed E-state index contributed by atoms with van der Waals surface area (Å²) in [4.78, 5) is 28.5. The molecular formula is C27H25NO4. The largest absolute Gasteiger partial charge is 0.492 e. The van der Waals surface area contributed by atoms with Crippen LogP contribution in [0.1, 0.15) is 33.5 Å². The summed E-state index contributed by atoms with van der Waals surface area (Å²) in [5.74, 6) is -0.710. The fourth-order valence-electron chi connectivity index (χ4n) is 4.91. The summed E-state index contributed by atoms with van der Waals surface area (Å²) < 4.78 is 5.83. The first-order valence-corrected chi connectivity index (χ1v) is 11.0. The molecule has 2 atom stereocenters. The summed E-state index contributed by atoms with van der Waals surface area (Å²) >= 11 is 0. The van der Waals surface area contributed by atoms with E-state index in [2.05, 4.69) is 0 Å². The van der Waals surface area contributed by atoms with Crippen molar-refractivity contribution in [3.05, 3.63) is 95.1 Å². The van der Waals surface area contributed by atoms with Gasteiger partial charge in [-0.25, -0.2) is 0 Å². The van der Waals surface area contributed by atoms with Crippen LogP contribution in [-0.2, 0) is 16.8 Å². The zero-order valence-electron chi connectivity index (χ0n) is 18.0. The van der Waals surface area contributed by atoms with Gasteiger partial charge in [0.2, 0.25) is 0 Å². The van der Waals surface area contributed by atoms with Crippen molar-refractivity contribution in [3.63, 3.8) is 0 Å². The zero-order chi connectivity index (χ0) is 22.3. The molecule has 3 aromatic rings. The Morgan fingerprint density at radius 3 is 2.53 bits per heavy atom. The standard InChI is InChI=1S/C27H25NO4/c1-18-10-13-20(14-11-18)32-17-16-28-24-9-5-4-8-22(24)27(31,26(28)30)23-15-12-19-6-2-3-7-21(19)25(23)29/h2-11,13-14,23,31H,12,15-17H2,1H3. The molecule has 1 aliphatic carbocycles. The van der Waals surface area contributed by atoms with Crippen LogP contribution in [-0.4, -0.2) is 29.9 Å². The van der Waals surface area contributed by atoms with Gasteiger partial charge in [0.05, 0.1) is 18.2 Å². The number of carbonyl (C=O) groups is 2. The molecule has 0 aromatic heterocycles. The van der Waals surface area contributed by atoms with Gasteiger partial charge in [0, 0.05) is 11.1 Å². The van der Waals surface area contributed by atoms with Crippen LogP contribution in [0.2, 0.25) is 0 Å². The lowest BCUT2D eigenvalue weighted by atomic mass is 9.71. The molecule has 1 N–H and O–H groups in total. The number of rotatable bonds is 5. The van der Waals surface area contributed by atoms with Crippen LogP contribution < -0.4 is 9.64 Å². The predicted octanol–water partition coefficient (Wildman–Crippen LogP) is 4.05. The van der Waals surface area contributed by atoms with E-state index in [1.807, 2.05) is 61.5 Å². The van der Waals surface area contributed by atoms with Gasteiger partial charge in [-0.05, 0) is 43.5 Å². The molecule has 5 nitrogen and oxygen atoms in total. The molecule has 1 heterocycles. The summed E-state index contributed by atoms with van der Waals surface area (Å²) in [5.41, 5.74) is 1.98. The van der Waals surface area contributed by atoms with Crippen LogP contribution in [0.15, 0.2) is 72.8 Å². The maximum absolute atomic E-state index is 13.6. The van der Waals surface area contributed by atoms with Crippen LogP contribution in [0.4, 0.5) is 5.69 Å². The lowest BCUT2D eigenvalue weighted by Gasteiger charge is -2.34. The van der Waals surface area contributed by atoms with Gasteiger partial charge in [0.15, 0.2) is 11.4 Å². The van der Waals surface area contributed by atoms with E-state index in [0.717, 1.165) is 16.9 Å². The van der Waals surface area contributed by atoms with Crippen molar-refractivity contribution in [2.24, 2.45) is 5.92 Å². The van der Waals surface area contributed by atoms with E-state index in [-0.39, 0.29) is 18.9 Å². The first-order chi connectivity index (χ1) is 15.5. The van der Waals surface area contributed by atoms with E-state index in [1.165, 1.54) is 0 Å². The van der Waals surface area contributed by atoms with Gasteiger partial charge < -0.3 is 14.7 Å². The second-order valence-electron chi connectivity index (χ2n) is 8.51. The van der Waals surface area contributed by atoms with Crippen LogP contribution in [0.5, 0.6) is 5.75 Å². The van der Waals surface area contributed by atoms with E-state index < -0.39 is 17.4 Å². The summed E-state index contributed by atoms with van der Waals surface area (Å²) in [5, 5.41) is 11.8. The number of nitrogens with zero attached hydrogens (tertiary/aromatic N) is 1. The van der Waals surface area contributed by atoms with E-state index in [1.54, 1.807) is 23.1 Å². The molecule has 0 spiro atoms. The van der Waals surface area contributed by atoms with Crippen molar-refractivity contribution in [1.29, 1.82) is 0 Å². The van der Waals surface area contributed by atoms with Gasteiger partial charge in [-0.2, -0.15) is 0 Å². The number of ether oxygens (including phenoxy) is 1. The van der Waals surface area contributed by atoms with E-state index in [0.29, 0.717) is 29.7 Å². The third kappa shape index (κ3) is 3.21. The highest BCUT2D eigenvalue weighted by Crippen LogP contribution is 2.48. The first kappa shape index (κ1) is 20.5. The Morgan fingerprint density at radius 2 is 1.72 bits per heavy atom. The van der Waals surface area contributed by atoms with Crippen molar-refractivity contribution in [2.45, 2.75) is 25.4 Å². The summed E-state index contributed by atoms with van der Waals surface area (Å²) in [7, 11) is 0. The first-order valence-electron chi connectivity index (χ1n) is 11.0. The van der Waals surface area contributed by atoms with Gasteiger partial charge in [-0.15, -0.1) is 0 Å². The Hall–Kier alpha value is -3.44. The average molecular weight is 428 g/mol. The minimum Gasteiger partial charge on any atom is -0.492 e. The minimum atomic E-state index is -1.87. The molecule has 3 aromatic carbocycles. The molecular weight excluding hydrogens is 402 g/mol. The van der Waals surface area contributed by atoms with Gasteiger partial charge >= 0.3 is 0 Å². The number of aryl methyl sites for hydroxylation is 2. The van der Waals surface area contributed by atoms with Crippen molar-refractivity contribution in [1.82, 2.24) is 0 Å².